The summed E-state index contributed by atoms with van der Waals surface area (Å²) in [6.07, 6.45) is 0.931. The summed E-state index contributed by atoms with van der Waals surface area (Å²) < 4.78 is 0. The summed E-state index contributed by atoms with van der Waals surface area (Å²) in [4.78, 5) is 21.4. The van der Waals surface area contributed by atoms with Crippen LogP contribution in [0, 0.1) is 11.8 Å². The number of carbonyl (C=O) groups is 1. The predicted octanol–water partition coefficient (Wildman–Crippen LogP) is 1.74. The molecule has 1 amide bonds. The van der Waals surface area contributed by atoms with Gasteiger partial charge >= 0.3 is 0 Å². The minimum atomic E-state index is -2.14. The van der Waals surface area contributed by atoms with E-state index in [1.165, 1.54) is 0 Å². The molecular formula is C11H23NO2Si. The lowest BCUT2D eigenvalue weighted by Gasteiger charge is -2.40. The number of amides is 1. The van der Waals surface area contributed by atoms with E-state index in [1.54, 1.807) is 0 Å². The fourth-order valence-electron chi connectivity index (χ4n) is 1.96. The summed E-state index contributed by atoms with van der Waals surface area (Å²) >= 11 is 0. The fraction of sp³-hybridized carbons (Fsp3) is 0.909. The lowest BCUT2D eigenvalue weighted by atomic mass is 9.82. The number of hydrogen-bond donors (Lipinski definition) is 2. The predicted molar refractivity (Wildman–Crippen MR) is 64.0 cm³/mol. The van der Waals surface area contributed by atoms with Crippen LogP contribution in [-0.2, 0) is 4.79 Å². The molecule has 1 aliphatic heterocycles. The quantitative estimate of drug-likeness (QED) is 0.570. The average molecular weight is 229 g/mol. The zero-order valence-corrected chi connectivity index (χ0v) is 11.4. The summed E-state index contributed by atoms with van der Waals surface area (Å²) in [6, 6.07) is 0. The second-order valence-corrected chi connectivity index (χ2v) is 10.4. The normalized spacial score (nSPS) is 24.4. The topological polar surface area (TPSA) is 49.3 Å². The maximum Gasteiger partial charge on any atom is 0.225 e. The van der Waals surface area contributed by atoms with Crippen LogP contribution in [0.4, 0.5) is 0 Å². The molecule has 0 aromatic rings. The van der Waals surface area contributed by atoms with Crippen LogP contribution in [0.25, 0.3) is 0 Å². The van der Waals surface area contributed by atoms with Crippen LogP contribution in [0.1, 0.15) is 27.2 Å². The molecule has 1 unspecified atom stereocenters. The summed E-state index contributed by atoms with van der Waals surface area (Å²) in [5.74, 6) is 0.712. The highest BCUT2D eigenvalue weighted by molar-refractivity contribution is 6.72. The van der Waals surface area contributed by atoms with Crippen molar-refractivity contribution in [1.82, 2.24) is 5.32 Å². The maximum absolute atomic E-state index is 11.2. The standard InChI is InChI=1S/C11H23NO2Si/c1-8(9-7-12-10(9)13)6-11(2,3)15(4,5)14/h8-9,14H,6-7H2,1-5H3,(H,12,13)/t8-,9?/m0/s1. The van der Waals surface area contributed by atoms with Crippen molar-refractivity contribution in [2.75, 3.05) is 6.54 Å². The third-order valence-corrected chi connectivity index (χ3v) is 7.52. The van der Waals surface area contributed by atoms with E-state index in [-0.39, 0.29) is 16.9 Å². The Hall–Kier alpha value is -0.353. The maximum atomic E-state index is 11.2. The van der Waals surface area contributed by atoms with Gasteiger partial charge in [0.25, 0.3) is 0 Å². The van der Waals surface area contributed by atoms with Gasteiger partial charge in [-0.1, -0.05) is 20.8 Å². The molecule has 1 heterocycles. The van der Waals surface area contributed by atoms with E-state index in [2.05, 4.69) is 26.1 Å². The second kappa shape index (κ2) is 3.90. The van der Waals surface area contributed by atoms with Crippen LogP contribution in [0.2, 0.25) is 18.1 Å². The molecule has 0 aliphatic carbocycles. The van der Waals surface area contributed by atoms with Crippen molar-refractivity contribution in [2.24, 2.45) is 11.8 Å². The van der Waals surface area contributed by atoms with Crippen LogP contribution < -0.4 is 5.32 Å². The monoisotopic (exact) mass is 229 g/mol. The van der Waals surface area contributed by atoms with Crippen molar-refractivity contribution in [1.29, 1.82) is 0 Å². The lowest BCUT2D eigenvalue weighted by molar-refractivity contribution is -0.133. The van der Waals surface area contributed by atoms with Gasteiger partial charge in [0.15, 0.2) is 8.32 Å². The number of rotatable bonds is 4. The average Bonchev–Trinajstić information content (AvgIpc) is 1.98. The van der Waals surface area contributed by atoms with Gasteiger partial charge < -0.3 is 10.1 Å². The van der Waals surface area contributed by atoms with E-state index in [4.69, 9.17) is 0 Å². The Morgan fingerprint density at radius 2 is 2.13 bits per heavy atom. The number of β-lactam (4-membered cyclic amide) rings is 1. The minimum absolute atomic E-state index is 0.0255. The minimum Gasteiger partial charge on any atom is -0.432 e. The SMILES string of the molecule is C[C@@H](CC(C)(C)[Si](C)(C)O)C1CNC1=O. The van der Waals surface area contributed by atoms with Crippen molar-refractivity contribution >= 4 is 14.2 Å². The molecule has 15 heavy (non-hydrogen) atoms. The molecule has 1 fully saturated rings. The van der Waals surface area contributed by atoms with Gasteiger partial charge in [0.1, 0.15) is 0 Å². The molecule has 0 spiro atoms. The summed E-state index contributed by atoms with van der Waals surface area (Å²) in [5.41, 5.74) is 0. The first kappa shape index (κ1) is 12.7. The third-order valence-electron chi connectivity index (χ3n) is 4.01. The van der Waals surface area contributed by atoms with Gasteiger partial charge in [0, 0.05) is 6.54 Å². The van der Waals surface area contributed by atoms with E-state index in [9.17, 15) is 9.59 Å². The van der Waals surface area contributed by atoms with Gasteiger partial charge in [-0.15, -0.1) is 0 Å². The molecule has 4 heteroatoms. The highest BCUT2D eigenvalue weighted by Gasteiger charge is 2.42. The van der Waals surface area contributed by atoms with Crippen LogP contribution in [-0.4, -0.2) is 25.6 Å². The Balaban J connectivity index is 2.57. The zero-order chi connectivity index (χ0) is 11.9. The van der Waals surface area contributed by atoms with Gasteiger partial charge in [0.05, 0.1) is 5.92 Å². The Bertz CT molecular complexity index is 258. The molecule has 0 bridgehead atoms. The molecule has 2 N–H and O–H groups in total. The number of hydrogen-bond acceptors (Lipinski definition) is 2. The van der Waals surface area contributed by atoms with Crippen molar-refractivity contribution in [2.45, 2.75) is 45.3 Å². The molecule has 1 aliphatic rings. The molecule has 0 aromatic carbocycles. The molecular weight excluding hydrogens is 206 g/mol. The summed E-state index contributed by atoms with van der Waals surface area (Å²) in [7, 11) is -2.14. The second-order valence-electron chi connectivity index (χ2n) is 5.98. The van der Waals surface area contributed by atoms with Gasteiger partial charge in [-0.05, 0) is 30.5 Å². The first-order valence-corrected chi connectivity index (χ1v) is 8.60. The van der Waals surface area contributed by atoms with E-state index >= 15 is 0 Å². The molecule has 0 saturated carbocycles. The first-order valence-electron chi connectivity index (χ1n) is 5.65. The van der Waals surface area contributed by atoms with Gasteiger partial charge in [-0.25, -0.2) is 0 Å². The Morgan fingerprint density at radius 3 is 2.40 bits per heavy atom. The van der Waals surface area contributed by atoms with E-state index in [0.29, 0.717) is 5.92 Å². The fourth-order valence-corrected chi connectivity index (χ4v) is 2.78. The molecule has 1 rings (SSSR count). The largest absolute Gasteiger partial charge is 0.432 e. The van der Waals surface area contributed by atoms with Gasteiger partial charge in [0.2, 0.25) is 5.91 Å². The first-order chi connectivity index (χ1) is 6.65. The molecule has 3 nitrogen and oxygen atoms in total. The van der Waals surface area contributed by atoms with Crippen molar-refractivity contribution in [3.05, 3.63) is 0 Å². The molecule has 2 atom stereocenters. The third kappa shape index (κ3) is 2.61. The molecule has 1 saturated heterocycles. The molecule has 0 aromatic heterocycles. The van der Waals surface area contributed by atoms with Crippen LogP contribution in [0.15, 0.2) is 0 Å². The zero-order valence-electron chi connectivity index (χ0n) is 10.4. The van der Waals surface area contributed by atoms with E-state index in [0.717, 1.165) is 13.0 Å². The van der Waals surface area contributed by atoms with Crippen LogP contribution >= 0.6 is 0 Å². The lowest BCUT2D eigenvalue weighted by Crippen LogP contribution is -2.52. The van der Waals surface area contributed by atoms with Gasteiger partial charge in [-0.2, -0.15) is 0 Å². The smallest absolute Gasteiger partial charge is 0.225 e. The summed E-state index contributed by atoms with van der Waals surface area (Å²) in [5, 5.41) is 2.75. The van der Waals surface area contributed by atoms with E-state index < -0.39 is 8.32 Å². The van der Waals surface area contributed by atoms with Crippen molar-refractivity contribution in [3.8, 4) is 0 Å². The van der Waals surface area contributed by atoms with Gasteiger partial charge in [-0.3, -0.25) is 4.79 Å². The van der Waals surface area contributed by atoms with Crippen LogP contribution in [0.3, 0.4) is 0 Å². The Labute approximate surface area is 93.4 Å². The Kier molecular flexibility index (Phi) is 3.31. The molecule has 88 valence electrons. The summed E-state index contributed by atoms with van der Waals surface area (Å²) in [6.45, 7) is 11.1. The number of nitrogens with one attached hydrogen (secondary N) is 1. The number of carbonyl (C=O) groups excluding carboxylic acids is 1. The van der Waals surface area contributed by atoms with Crippen molar-refractivity contribution < 1.29 is 9.59 Å². The van der Waals surface area contributed by atoms with E-state index in [1.807, 2.05) is 13.1 Å². The van der Waals surface area contributed by atoms with Crippen LogP contribution in [0.5, 0.6) is 0 Å². The van der Waals surface area contributed by atoms with Crippen molar-refractivity contribution in [3.63, 3.8) is 0 Å². The highest BCUT2D eigenvalue weighted by atomic mass is 28.4. The molecule has 0 radical (unpaired) electrons. The Morgan fingerprint density at radius 1 is 1.60 bits per heavy atom. The highest BCUT2D eigenvalue weighted by Crippen LogP contribution is 2.43.